The molecule has 0 spiro atoms. The van der Waals surface area contributed by atoms with E-state index in [0.717, 1.165) is 24.0 Å². The molecule has 2 aromatic rings. The maximum absolute atomic E-state index is 12.2. The van der Waals surface area contributed by atoms with Crippen LogP contribution in [-0.4, -0.2) is 17.3 Å². The Morgan fingerprint density at radius 2 is 2.00 bits per heavy atom. The lowest BCUT2D eigenvalue weighted by Gasteiger charge is -2.08. The molecule has 0 saturated carbocycles. The smallest absolute Gasteiger partial charge is 0.347 e. The highest BCUT2D eigenvalue weighted by Crippen LogP contribution is 2.23. The van der Waals surface area contributed by atoms with Crippen molar-refractivity contribution in [2.75, 3.05) is 6.54 Å². The summed E-state index contributed by atoms with van der Waals surface area (Å²) in [7, 11) is 0. The normalized spacial score (nSPS) is 12.2. The van der Waals surface area contributed by atoms with Gasteiger partial charge in [-0.2, -0.15) is 13.2 Å². The molecular weight excluding hydrogens is 265 g/mol. The minimum Gasteiger partial charge on any atom is -0.347 e. The fourth-order valence-corrected chi connectivity index (χ4v) is 2.27. The summed E-state index contributed by atoms with van der Waals surface area (Å²) < 4.78 is 38.3. The summed E-state index contributed by atoms with van der Waals surface area (Å²) in [6, 6.07) is 8.04. The summed E-state index contributed by atoms with van der Waals surface area (Å²) in [6.45, 7) is 4.17. The summed E-state index contributed by atoms with van der Waals surface area (Å²) in [6.07, 6.45) is -2.82. The fraction of sp³-hybridized carbons (Fsp3) is 0.467. The summed E-state index contributed by atoms with van der Waals surface area (Å²) in [5.74, 6) is 0. The SMILES string of the molecule is CCNCc1ccc2c(ccn2CCCC(F)(F)F)c1. The number of halogens is 3. The van der Waals surface area contributed by atoms with Gasteiger partial charge in [-0.25, -0.2) is 0 Å². The number of aromatic nitrogens is 1. The average Bonchev–Trinajstić information content (AvgIpc) is 2.77. The number of hydrogen-bond acceptors (Lipinski definition) is 1. The summed E-state index contributed by atoms with van der Waals surface area (Å²) in [5, 5.41) is 4.33. The molecule has 0 atom stereocenters. The molecule has 0 bridgehead atoms. The molecule has 1 aromatic carbocycles. The second kappa shape index (κ2) is 6.31. The summed E-state index contributed by atoms with van der Waals surface area (Å²) in [4.78, 5) is 0. The molecule has 1 aromatic heterocycles. The minimum absolute atomic E-state index is 0.117. The Morgan fingerprint density at radius 1 is 1.20 bits per heavy atom. The molecule has 0 aliphatic rings. The Balaban J connectivity index is 2.04. The van der Waals surface area contributed by atoms with E-state index in [1.165, 1.54) is 5.56 Å². The van der Waals surface area contributed by atoms with E-state index in [1.54, 1.807) is 0 Å². The highest BCUT2D eigenvalue weighted by Gasteiger charge is 2.26. The van der Waals surface area contributed by atoms with Crippen LogP contribution in [0.2, 0.25) is 0 Å². The van der Waals surface area contributed by atoms with E-state index in [9.17, 15) is 13.2 Å². The predicted molar refractivity (Wildman–Crippen MR) is 74.6 cm³/mol. The van der Waals surface area contributed by atoms with E-state index in [4.69, 9.17) is 0 Å². The molecule has 0 fully saturated rings. The van der Waals surface area contributed by atoms with Crippen molar-refractivity contribution in [3.05, 3.63) is 36.0 Å². The molecule has 0 amide bonds. The van der Waals surface area contributed by atoms with E-state index < -0.39 is 12.6 Å². The van der Waals surface area contributed by atoms with Crippen LogP contribution in [0.25, 0.3) is 10.9 Å². The van der Waals surface area contributed by atoms with E-state index in [2.05, 4.69) is 18.3 Å². The summed E-state index contributed by atoms with van der Waals surface area (Å²) >= 11 is 0. The first-order valence-corrected chi connectivity index (χ1v) is 6.85. The van der Waals surface area contributed by atoms with Gasteiger partial charge in [0.25, 0.3) is 0 Å². The molecule has 20 heavy (non-hydrogen) atoms. The van der Waals surface area contributed by atoms with Crippen LogP contribution in [0.3, 0.4) is 0 Å². The van der Waals surface area contributed by atoms with Gasteiger partial charge in [0.05, 0.1) is 0 Å². The van der Waals surface area contributed by atoms with Crippen molar-refractivity contribution in [2.45, 2.75) is 39.0 Å². The number of benzene rings is 1. The number of hydrogen-bond donors (Lipinski definition) is 1. The quantitative estimate of drug-likeness (QED) is 0.845. The van der Waals surface area contributed by atoms with Gasteiger partial charge in [0.1, 0.15) is 0 Å². The van der Waals surface area contributed by atoms with Gasteiger partial charge in [-0.15, -0.1) is 0 Å². The number of fused-ring (bicyclic) bond motifs is 1. The van der Waals surface area contributed by atoms with Gasteiger partial charge in [0, 0.05) is 31.2 Å². The Kier molecular flexibility index (Phi) is 4.70. The zero-order chi connectivity index (χ0) is 14.6. The van der Waals surface area contributed by atoms with Crippen molar-refractivity contribution in [2.24, 2.45) is 0 Å². The molecule has 0 saturated heterocycles. The predicted octanol–water partition coefficient (Wildman–Crippen LogP) is 4.09. The lowest BCUT2D eigenvalue weighted by molar-refractivity contribution is -0.135. The highest BCUT2D eigenvalue weighted by molar-refractivity contribution is 5.80. The first kappa shape index (κ1) is 14.9. The van der Waals surface area contributed by atoms with Gasteiger partial charge in [0.15, 0.2) is 0 Å². The number of nitrogens with zero attached hydrogens (tertiary/aromatic N) is 1. The molecule has 1 N–H and O–H groups in total. The Labute approximate surface area is 116 Å². The monoisotopic (exact) mass is 284 g/mol. The molecular formula is C15H19F3N2. The van der Waals surface area contributed by atoms with Gasteiger partial charge in [-0.3, -0.25) is 0 Å². The second-order valence-corrected chi connectivity index (χ2v) is 4.90. The number of nitrogens with one attached hydrogen (secondary N) is 1. The zero-order valence-corrected chi connectivity index (χ0v) is 11.5. The molecule has 0 aliphatic heterocycles. The molecule has 2 nitrogen and oxygen atoms in total. The average molecular weight is 284 g/mol. The molecule has 0 radical (unpaired) electrons. The molecule has 1 heterocycles. The summed E-state index contributed by atoms with van der Waals surface area (Å²) in [5.41, 5.74) is 2.18. The van der Waals surface area contributed by atoms with Crippen LogP contribution < -0.4 is 5.32 Å². The highest BCUT2D eigenvalue weighted by atomic mass is 19.4. The van der Waals surface area contributed by atoms with Gasteiger partial charge < -0.3 is 9.88 Å². The molecule has 110 valence electrons. The van der Waals surface area contributed by atoms with E-state index in [1.807, 2.05) is 29.0 Å². The van der Waals surface area contributed by atoms with Crippen molar-refractivity contribution in [1.29, 1.82) is 0 Å². The maximum Gasteiger partial charge on any atom is 0.389 e. The van der Waals surface area contributed by atoms with Crippen molar-refractivity contribution in [3.63, 3.8) is 0 Å². The van der Waals surface area contributed by atoms with Crippen LogP contribution in [-0.2, 0) is 13.1 Å². The third-order valence-electron chi connectivity index (χ3n) is 3.27. The molecule has 0 aliphatic carbocycles. The van der Waals surface area contributed by atoms with Crippen LogP contribution in [0.15, 0.2) is 30.5 Å². The largest absolute Gasteiger partial charge is 0.389 e. The van der Waals surface area contributed by atoms with E-state index >= 15 is 0 Å². The number of aryl methyl sites for hydroxylation is 1. The Hall–Kier alpha value is -1.49. The second-order valence-electron chi connectivity index (χ2n) is 4.90. The van der Waals surface area contributed by atoms with Crippen molar-refractivity contribution in [3.8, 4) is 0 Å². The van der Waals surface area contributed by atoms with Crippen LogP contribution in [0.4, 0.5) is 13.2 Å². The van der Waals surface area contributed by atoms with Crippen LogP contribution in [0.1, 0.15) is 25.3 Å². The maximum atomic E-state index is 12.2. The Bertz CT molecular complexity index is 558. The van der Waals surface area contributed by atoms with Gasteiger partial charge >= 0.3 is 6.18 Å². The third kappa shape index (κ3) is 4.00. The van der Waals surface area contributed by atoms with Crippen LogP contribution in [0.5, 0.6) is 0 Å². The number of rotatable bonds is 6. The first-order valence-electron chi connectivity index (χ1n) is 6.85. The standard InChI is InChI=1S/C15H19F3N2/c1-2-19-11-12-4-5-14-13(10-12)6-9-20(14)8-3-7-15(16,17)18/h4-6,9-10,19H,2-3,7-8,11H2,1H3. The lowest BCUT2D eigenvalue weighted by Crippen LogP contribution is -2.11. The van der Waals surface area contributed by atoms with Crippen molar-refractivity contribution >= 4 is 10.9 Å². The van der Waals surface area contributed by atoms with Crippen LogP contribution in [0, 0.1) is 0 Å². The van der Waals surface area contributed by atoms with E-state index in [0.29, 0.717) is 6.54 Å². The third-order valence-corrected chi connectivity index (χ3v) is 3.27. The van der Waals surface area contributed by atoms with Gasteiger partial charge in [-0.1, -0.05) is 13.0 Å². The topological polar surface area (TPSA) is 17.0 Å². The number of alkyl halides is 3. The minimum atomic E-state index is -4.07. The van der Waals surface area contributed by atoms with Crippen molar-refractivity contribution < 1.29 is 13.2 Å². The first-order chi connectivity index (χ1) is 9.49. The molecule has 0 unspecified atom stereocenters. The van der Waals surface area contributed by atoms with E-state index in [-0.39, 0.29) is 6.42 Å². The molecule has 2 rings (SSSR count). The van der Waals surface area contributed by atoms with Gasteiger partial charge in [-0.05, 0) is 42.1 Å². The zero-order valence-electron chi connectivity index (χ0n) is 11.5. The molecule has 5 heteroatoms. The lowest BCUT2D eigenvalue weighted by atomic mass is 10.1. The van der Waals surface area contributed by atoms with Crippen LogP contribution >= 0.6 is 0 Å². The fourth-order valence-electron chi connectivity index (χ4n) is 2.27. The van der Waals surface area contributed by atoms with Gasteiger partial charge in [0.2, 0.25) is 0 Å². The van der Waals surface area contributed by atoms with Crippen molar-refractivity contribution in [1.82, 2.24) is 9.88 Å². The Morgan fingerprint density at radius 3 is 2.70 bits per heavy atom.